The summed E-state index contributed by atoms with van der Waals surface area (Å²) in [6.07, 6.45) is 4.23. The first kappa shape index (κ1) is 20.8. The van der Waals surface area contributed by atoms with Crippen LogP contribution in [-0.2, 0) is 20.1 Å². The zero-order chi connectivity index (χ0) is 20.6. The molecule has 0 atom stereocenters. The van der Waals surface area contributed by atoms with E-state index in [1.807, 2.05) is 36.2 Å². The smallest absolute Gasteiger partial charge is 0.321 e. The third-order valence-electron chi connectivity index (χ3n) is 5.13. The van der Waals surface area contributed by atoms with E-state index in [9.17, 15) is 4.79 Å². The van der Waals surface area contributed by atoms with Crippen molar-refractivity contribution in [2.45, 2.75) is 32.9 Å². The Balaban J connectivity index is 1.64. The fourth-order valence-electron chi connectivity index (χ4n) is 3.48. The van der Waals surface area contributed by atoms with Gasteiger partial charge in [0.05, 0.1) is 13.1 Å². The van der Waals surface area contributed by atoms with E-state index in [1.165, 1.54) is 5.69 Å². The van der Waals surface area contributed by atoms with Gasteiger partial charge in [-0.2, -0.15) is 0 Å². The molecule has 7 heteroatoms. The number of anilines is 1. The number of carbonyl (C=O) groups excluding carboxylic acids is 1. The molecule has 2 N–H and O–H groups in total. The highest BCUT2D eigenvalue weighted by Crippen LogP contribution is 2.15. The van der Waals surface area contributed by atoms with Crippen molar-refractivity contribution in [3.05, 3.63) is 53.9 Å². The van der Waals surface area contributed by atoms with E-state index in [1.54, 1.807) is 0 Å². The maximum Gasteiger partial charge on any atom is 0.321 e. The molecule has 0 spiro atoms. The summed E-state index contributed by atoms with van der Waals surface area (Å²) in [7, 11) is 4.09. The van der Waals surface area contributed by atoms with Crippen molar-refractivity contribution in [2.24, 2.45) is 12.0 Å². The lowest BCUT2D eigenvalue weighted by Crippen LogP contribution is -2.38. The van der Waals surface area contributed by atoms with Crippen LogP contribution in [0.3, 0.4) is 0 Å². The van der Waals surface area contributed by atoms with Gasteiger partial charge >= 0.3 is 6.03 Å². The Morgan fingerprint density at radius 1 is 1.21 bits per heavy atom. The molecule has 7 nitrogen and oxygen atoms in total. The van der Waals surface area contributed by atoms with E-state index in [2.05, 4.69) is 52.4 Å². The topological polar surface area (TPSA) is 64.9 Å². The average molecular weight is 397 g/mol. The predicted octanol–water partition coefficient (Wildman–Crippen LogP) is 3.25. The zero-order valence-corrected chi connectivity index (χ0v) is 17.7. The summed E-state index contributed by atoms with van der Waals surface area (Å²) in [6.45, 7) is 5.89. The van der Waals surface area contributed by atoms with Crippen molar-refractivity contribution in [1.29, 1.82) is 0 Å². The lowest BCUT2D eigenvalue weighted by molar-refractivity contribution is 0.222. The van der Waals surface area contributed by atoms with E-state index in [4.69, 9.17) is 4.99 Å². The highest BCUT2D eigenvalue weighted by Gasteiger charge is 2.17. The van der Waals surface area contributed by atoms with Crippen LogP contribution in [-0.4, -0.2) is 53.0 Å². The van der Waals surface area contributed by atoms with Gasteiger partial charge in [-0.15, -0.1) is 0 Å². The Labute approximate surface area is 173 Å². The number of rotatable bonds is 6. The van der Waals surface area contributed by atoms with Gasteiger partial charge in [-0.05, 0) is 49.6 Å². The van der Waals surface area contributed by atoms with E-state index in [0.29, 0.717) is 6.54 Å². The Morgan fingerprint density at radius 3 is 2.69 bits per heavy atom. The molecule has 1 saturated heterocycles. The van der Waals surface area contributed by atoms with Crippen LogP contribution in [0.4, 0.5) is 10.5 Å². The third kappa shape index (κ3) is 5.76. The van der Waals surface area contributed by atoms with Crippen LogP contribution in [0.2, 0.25) is 0 Å². The molecule has 156 valence electrons. The predicted molar refractivity (Wildman–Crippen MR) is 118 cm³/mol. The monoisotopic (exact) mass is 396 g/mol. The molecule has 0 radical (unpaired) electrons. The molecule has 1 aliphatic heterocycles. The van der Waals surface area contributed by atoms with E-state index >= 15 is 0 Å². The van der Waals surface area contributed by atoms with Crippen molar-refractivity contribution in [2.75, 3.05) is 32.0 Å². The van der Waals surface area contributed by atoms with E-state index in [0.717, 1.165) is 56.2 Å². The molecule has 2 heterocycles. The van der Waals surface area contributed by atoms with Gasteiger partial charge in [0.15, 0.2) is 5.96 Å². The zero-order valence-electron chi connectivity index (χ0n) is 17.7. The minimum atomic E-state index is -0.0150. The second kappa shape index (κ2) is 10.0. The number of likely N-dealkylation sites (tertiary alicyclic amines) is 1. The second-order valence-corrected chi connectivity index (χ2v) is 7.46. The molecule has 29 heavy (non-hydrogen) atoms. The van der Waals surface area contributed by atoms with Crippen molar-refractivity contribution in [1.82, 2.24) is 19.7 Å². The molecule has 1 aromatic carbocycles. The molecule has 0 saturated carbocycles. The fraction of sp³-hybridized carbons (Fsp3) is 0.455. The van der Waals surface area contributed by atoms with Crippen LogP contribution in [0.25, 0.3) is 0 Å². The SMILES string of the molecule is CCNC(=NCc1cccc(NC(=O)N2CCCC2)c1)N(C)Cc1cccn1C. The summed E-state index contributed by atoms with van der Waals surface area (Å²) in [5.41, 5.74) is 3.10. The summed E-state index contributed by atoms with van der Waals surface area (Å²) in [5.74, 6) is 0.861. The standard InChI is InChI=1S/C22H32N6O/c1-4-23-21(27(3)17-20-11-8-12-26(20)2)24-16-18-9-7-10-19(15-18)25-22(29)28-13-5-6-14-28/h7-12,15H,4-6,13-14,16-17H2,1-3H3,(H,23,24)(H,25,29). The number of aromatic nitrogens is 1. The van der Waals surface area contributed by atoms with Gasteiger partial charge in [0.2, 0.25) is 0 Å². The number of aliphatic imine (C=N–C) groups is 1. The normalized spacial score (nSPS) is 14.2. The van der Waals surface area contributed by atoms with Crippen molar-refractivity contribution in [3.8, 4) is 0 Å². The van der Waals surface area contributed by atoms with Crippen molar-refractivity contribution < 1.29 is 4.79 Å². The molecule has 1 aromatic heterocycles. The van der Waals surface area contributed by atoms with Crippen LogP contribution in [0, 0.1) is 0 Å². The highest BCUT2D eigenvalue weighted by atomic mass is 16.2. The summed E-state index contributed by atoms with van der Waals surface area (Å²) >= 11 is 0. The quantitative estimate of drug-likeness (QED) is 0.582. The first-order valence-electron chi connectivity index (χ1n) is 10.3. The maximum atomic E-state index is 12.3. The van der Waals surface area contributed by atoms with Gasteiger partial charge in [-0.25, -0.2) is 9.79 Å². The van der Waals surface area contributed by atoms with Crippen LogP contribution in [0.1, 0.15) is 31.0 Å². The van der Waals surface area contributed by atoms with Gasteiger partial charge in [-0.1, -0.05) is 12.1 Å². The van der Waals surface area contributed by atoms with E-state index in [-0.39, 0.29) is 6.03 Å². The summed E-state index contributed by atoms with van der Waals surface area (Å²) in [6, 6.07) is 12.1. The molecule has 2 amide bonds. The molecule has 1 aliphatic rings. The molecular weight excluding hydrogens is 364 g/mol. The van der Waals surface area contributed by atoms with E-state index < -0.39 is 0 Å². The highest BCUT2D eigenvalue weighted by molar-refractivity contribution is 5.89. The number of amides is 2. The average Bonchev–Trinajstić information content (AvgIpc) is 3.38. The van der Waals surface area contributed by atoms with Gasteiger partial charge in [-0.3, -0.25) is 0 Å². The minimum Gasteiger partial charge on any atom is -0.357 e. The molecular formula is C22H32N6O. The van der Waals surface area contributed by atoms with Gasteiger partial charge < -0.3 is 25.0 Å². The molecule has 0 unspecified atom stereocenters. The van der Waals surface area contributed by atoms with Crippen LogP contribution >= 0.6 is 0 Å². The molecule has 0 bridgehead atoms. The number of hydrogen-bond acceptors (Lipinski definition) is 2. The number of nitrogens with zero attached hydrogens (tertiary/aromatic N) is 4. The number of guanidine groups is 1. The number of carbonyl (C=O) groups is 1. The third-order valence-corrected chi connectivity index (χ3v) is 5.13. The largest absolute Gasteiger partial charge is 0.357 e. The number of urea groups is 1. The maximum absolute atomic E-state index is 12.3. The lowest BCUT2D eigenvalue weighted by atomic mass is 10.2. The molecule has 2 aromatic rings. The summed E-state index contributed by atoms with van der Waals surface area (Å²) in [5, 5.41) is 6.36. The Bertz CT molecular complexity index is 837. The van der Waals surface area contributed by atoms with Crippen molar-refractivity contribution in [3.63, 3.8) is 0 Å². The van der Waals surface area contributed by atoms with Gasteiger partial charge in [0.1, 0.15) is 0 Å². The summed E-state index contributed by atoms with van der Waals surface area (Å²) < 4.78 is 2.12. The Kier molecular flexibility index (Phi) is 7.16. The Hall–Kier alpha value is -2.96. The molecule has 1 fully saturated rings. The first-order valence-corrected chi connectivity index (χ1v) is 10.3. The number of benzene rings is 1. The lowest BCUT2D eigenvalue weighted by Gasteiger charge is -2.22. The summed E-state index contributed by atoms with van der Waals surface area (Å²) in [4.78, 5) is 21.1. The second-order valence-electron chi connectivity index (χ2n) is 7.46. The number of aryl methyl sites for hydroxylation is 1. The fourth-order valence-corrected chi connectivity index (χ4v) is 3.48. The molecule has 3 rings (SSSR count). The van der Waals surface area contributed by atoms with Crippen LogP contribution < -0.4 is 10.6 Å². The minimum absolute atomic E-state index is 0.0150. The number of hydrogen-bond donors (Lipinski definition) is 2. The van der Waals surface area contributed by atoms with Crippen molar-refractivity contribution >= 4 is 17.7 Å². The Morgan fingerprint density at radius 2 is 2.00 bits per heavy atom. The first-order chi connectivity index (χ1) is 14.1. The van der Waals surface area contributed by atoms with Gasteiger partial charge in [0, 0.05) is 51.3 Å². The van der Waals surface area contributed by atoms with Crippen LogP contribution in [0.15, 0.2) is 47.6 Å². The molecule has 0 aliphatic carbocycles. The number of nitrogens with one attached hydrogen (secondary N) is 2. The van der Waals surface area contributed by atoms with Crippen LogP contribution in [0.5, 0.6) is 0 Å². The van der Waals surface area contributed by atoms with Gasteiger partial charge in [0.25, 0.3) is 0 Å².